The summed E-state index contributed by atoms with van der Waals surface area (Å²) in [7, 11) is -1.98. The van der Waals surface area contributed by atoms with E-state index in [1.807, 2.05) is 20.8 Å². The van der Waals surface area contributed by atoms with Crippen LogP contribution in [0.2, 0.25) is 0 Å². The van der Waals surface area contributed by atoms with Crippen molar-refractivity contribution in [1.82, 2.24) is 9.62 Å². The molecule has 5 nitrogen and oxygen atoms in total. The minimum absolute atomic E-state index is 0.239. The van der Waals surface area contributed by atoms with Gasteiger partial charge in [0.05, 0.1) is 4.90 Å². The normalized spacial score (nSPS) is 18.1. The zero-order chi connectivity index (χ0) is 14.4. The Morgan fingerprint density at radius 1 is 1.32 bits per heavy atom. The molecule has 0 unspecified atom stereocenters. The summed E-state index contributed by atoms with van der Waals surface area (Å²) in [5.41, 5.74) is 0.491. The van der Waals surface area contributed by atoms with Gasteiger partial charge in [0.25, 0.3) is 5.91 Å². The quantitative estimate of drug-likeness (QED) is 0.845. The number of sulfonamides is 1. The first kappa shape index (κ1) is 14.0. The molecular formula is C13H18N2O3S. The number of amides is 1. The summed E-state index contributed by atoms with van der Waals surface area (Å²) in [5.74, 6) is -0.261. The molecule has 0 radical (unpaired) electrons. The Kier molecular flexibility index (Phi) is 3.18. The summed E-state index contributed by atoms with van der Waals surface area (Å²) in [6.45, 7) is 5.77. The average Bonchev–Trinajstić information content (AvgIpc) is 2.60. The molecule has 1 N–H and O–H groups in total. The SMILES string of the molecule is CNC(=O)c1cccc2c1CN(C(C)(C)C)S2(=O)=O. The Morgan fingerprint density at radius 2 is 1.95 bits per heavy atom. The largest absolute Gasteiger partial charge is 0.355 e. The van der Waals surface area contributed by atoms with E-state index < -0.39 is 15.6 Å². The van der Waals surface area contributed by atoms with Crippen LogP contribution in [0.1, 0.15) is 36.7 Å². The van der Waals surface area contributed by atoms with Gasteiger partial charge in [0.2, 0.25) is 10.0 Å². The van der Waals surface area contributed by atoms with Crippen molar-refractivity contribution < 1.29 is 13.2 Å². The van der Waals surface area contributed by atoms with Crippen LogP contribution < -0.4 is 5.32 Å². The van der Waals surface area contributed by atoms with Crippen molar-refractivity contribution in [2.24, 2.45) is 0 Å². The Bertz CT molecular complexity index is 630. The highest BCUT2D eigenvalue weighted by Crippen LogP contribution is 2.37. The van der Waals surface area contributed by atoms with Crippen molar-refractivity contribution >= 4 is 15.9 Å². The van der Waals surface area contributed by atoms with Crippen molar-refractivity contribution in [3.8, 4) is 0 Å². The van der Waals surface area contributed by atoms with Gasteiger partial charge in [0, 0.05) is 30.3 Å². The van der Waals surface area contributed by atoms with E-state index in [0.29, 0.717) is 11.1 Å². The highest BCUT2D eigenvalue weighted by atomic mass is 32.2. The molecule has 2 rings (SSSR count). The average molecular weight is 282 g/mol. The van der Waals surface area contributed by atoms with Gasteiger partial charge < -0.3 is 5.32 Å². The lowest BCUT2D eigenvalue weighted by Crippen LogP contribution is -2.41. The van der Waals surface area contributed by atoms with Crippen LogP contribution in [-0.2, 0) is 16.6 Å². The monoisotopic (exact) mass is 282 g/mol. The smallest absolute Gasteiger partial charge is 0.251 e. The molecule has 0 aromatic heterocycles. The summed E-state index contributed by atoms with van der Waals surface area (Å²) in [4.78, 5) is 12.1. The highest BCUT2D eigenvalue weighted by molar-refractivity contribution is 7.89. The van der Waals surface area contributed by atoms with E-state index in [-0.39, 0.29) is 17.3 Å². The van der Waals surface area contributed by atoms with Crippen molar-refractivity contribution in [3.63, 3.8) is 0 Å². The fourth-order valence-electron chi connectivity index (χ4n) is 2.26. The molecule has 0 spiro atoms. The number of hydrogen-bond acceptors (Lipinski definition) is 3. The molecule has 0 aliphatic carbocycles. The van der Waals surface area contributed by atoms with Crippen LogP contribution in [-0.4, -0.2) is 31.2 Å². The predicted molar refractivity (Wildman–Crippen MR) is 72.3 cm³/mol. The molecule has 1 amide bonds. The van der Waals surface area contributed by atoms with Crippen LogP contribution >= 0.6 is 0 Å². The Hall–Kier alpha value is -1.40. The standard InChI is InChI=1S/C13H18N2O3S/c1-13(2,3)15-8-10-9(12(16)14-4)6-5-7-11(10)19(15,17)18/h5-7H,8H2,1-4H3,(H,14,16). The number of rotatable bonds is 1. The zero-order valence-corrected chi connectivity index (χ0v) is 12.3. The van der Waals surface area contributed by atoms with Crippen LogP contribution in [0.15, 0.2) is 23.1 Å². The van der Waals surface area contributed by atoms with Crippen LogP contribution in [0.4, 0.5) is 0 Å². The first-order chi connectivity index (χ1) is 8.69. The molecule has 19 heavy (non-hydrogen) atoms. The molecule has 0 fully saturated rings. The van der Waals surface area contributed by atoms with Crippen molar-refractivity contribution in [3.05, 3.63) is 29.3 Å². The fraction of sp³-hybridized carbons (Fsp3) is 0.462. The van der Waals surface area contributed by atoms with E-state index in [1.54, 1.807) is 18.2 Å². The van der Waals surface area contributed by atoms with Gasteiger partial charge in [-0.1, -0.05) is 6.07 Å². The van der Waals surface area contributed by atoms with Crippen LogP contribution in [0.3, 0.4) is 0 Å². The molecule has 0 saturated heterocycles. The molecule has 104 valence electrons. The van der Waals surface area contributed by atoms with E-state index in [2.05, 4.69) is 5.32 Å². The molecule has 0 bridgehead atoms. The third kappa shape index (κ3) is 2.15. The molecule has 1 aromatic carbocycles. The molecule has 1 aliphatic heterocycles. The summed E-state index contributed by atoms with van der Waals surface area (Å²) in [6.07, 6.45) is 0. The van der Waals surface area contributed by atoms with Crippen molar-refractivity contribution in [1.29, 1.82) is 0 Å². The highest BCUT2D eigenvalue weighted by Gasteiger charge is 2.42. The lowest BCUT2D eigenvalue weighted by atomic mass is 10.0. The number of carbonyl (C=O) groups is 1. The van der Waals surface area contributed by atoms with E-state index >= 15 is 0 Å². The number of nitrogens with one attached hydrogen (secondary N) is 1. The number of benzene rings is 1. The third-order valence-electron chi connectivity index (χ3n) is 3.22. The maximum absolute atomic E-state index is 12.5. The number of fused-ring (bicyclic) bond motifs is 1. The van der Waals surface area contributed by atoms with Crippen LogP contribution in [0.5, 0.6) is 0 Å². The third-order valence-corrected chi connectivity index (χ3v) is 5.42. The molecule has 1 heterocycles. The summed E-state index contributed by atoms with van der Waals surface area (Å²) < 4.78 is 26.4. The van der Waals surface area contributed by atoms with Gasteiger partial charge >= 0.3 is 0 Å². The lowest BCUT2D eigenvalue weighted by Gasteiger charge is -2.29. The molecule has 1 aromatic rings. The molecule has 0 saturated carbocycles. The van der Waals surface area contributed by atoms with Gasteiger partial charge in [0.15, 0.2) is 0 Å². The second kappa shape index (κ2) is 4.31. The number of hydrogen-bond donors (Lipinski definition) is 1. The van der Waals surface area contributed by atoms with Gasteiger partial charge in [0.1, 0.15) is 0 Å². The second-order valence-electron chi connectivity index (χ2n) is 5.54. The number of nitrogens with zero attached hydrogens (tertiary/aromatic N) is 1. The lowest BCUT2D eigenvalue weighted by molar-refractivity contribution is 0.0961. The Balaban J connectivity index is 2.63. The first-order valence-electron chi connectivity index (χ1n) is 6.06. The zero-order valence-electron chi connectivity index (χ0n) is 11.5. The Labute approximate surface area is 113 Å². The molecular weight excluding hydrogens is 264 g/mol. The van der Waals surface area contributed by atoms with Crippen LogP contribution in [0, 0.1) is 0 Å². The van der Waals surface area contributed by atoms with Gasteiger partial charge in [-0.05, 0) is 32.9 Å². The number of carbonyl (C=O) groups excluding carboxylic acids is 1. The summed E-state index contributed by atoms with van der Waals surface area (Å²) in [6, 6.07) is 4.81. The van der Waals surface area contributed by atoms with Gasteiger partial charge in [-0.2, -0.15) is 4.31 Å². The fourth-order valence-corrected chi connectivity index (χ4v) is 4.26. The van der Waals surface area contributed by atoms with E-state index in [4.69, 9.17) is 0 Å². The molecule has 6 heteroatoms. The second-order valence-corrected chi connectivity index (χ2v) is 7.37. The van der Waals surface area contributed by atoms with Gasteiger partial charge in [-0.3, -0.25) is 4.79 Å². The van der Waals surface area contributed by atoms with E-state index in [1.165, 1.54) is 11.4 Å². The minimum Gasteiger partial charge on any atom is -0.355 e. The maximum atomic E-state index is 12.5. The van der Waals surface area contributed by atoms with Crippen molar-refractivity contribution in [2.75, 3.05) is 7.05 Å². The predicted octanol–water partition coefficient (Wildman–Crippen LogP) is 1.35. The topological polar surface area (TPSA) is 66.5 Å². The first-order valence-corrected chi connectivity index (χ1v) is 7.50. The van der Waals surface area contributed by atoms with Crippen molar-refractivity contribution in [2.45, 2.75) is 37.8 Å². The summed E-state index contributed by atoms with van der Waals surface area (Å²) in [5, 5.41) is 2.54. The maximum Gasteiger partial charge on any atom is 0.251 e. The van der Waals surface area contributed by atoms with E-state index in [9.17, 15) is 13.2 Å². The van der Waals surface area contributed by atoms with Gasteiger partial charge in [-0.15, -0.1) is 0 Å². The minimum atomic E-state index is -3.52. The van der Waals surface area contributed by atoms with E-state index in [0.717, 1.165) is 0 Å². The Morgan fingerprint density at radius 3 is 2.47 bits per heavy atom. The summed E-state index contributed by atoms with van der Waals surface area (Å²) >= 11 is 0. The van der Waals surface area contributed by atoms with Gasteiger partial charge in [-0.25, -0.2) is 8.42 Å². The molecule has 0 atom stereocenters. The van der Waals surface area contributed by atoms with Crippen LogP contribution in [0.25, 0.3) is 0 Å². The molecule has 1 aliphatic rings.